The molecule has 1 aromatic carbocycles. The van der Waals surface area contributed by atoms with Gasteiger partial charge in [0, 0.05) is 30.2 Å². The van der Waals surface area contributed by atoms with E-state index in [0.29, 0.717) is 40.3 Å². The summed E-state index contributed by atoms with van der Waals surface area (Å²) in [7, 11) is 0. The van der Waals surface area contributed by atoms with Crippen molar-refractivity contribution >= 4 is 56.9 Å². The number of hydrogen-bond acceptors (Lipinski definition) is 8. The number of anilines is 2. The van der Waals surface area contributed by atoms with Gasteiger partial charge in [-0.25, -0.2) is 14.3 Å². The van der Waals surface area contributed by atoms with Gasteiger partial charge in [0.15, 0.2) is 5.65 Å². The number of piperazine rings is 1. The molecule has 2 aliphatic heterocycles. The van der Waals surface area contributed by atoms with Crippen molar-refractivity contribution in [2.24, 2.45) is 0 Å². The van der Waals surface area contributed by atoms with E-state index in [9.17, 15) is 14.4 Å². The molecule has 0 bridgehead atoms. The molecule has 2 amide bonds. The van der Waals surface area contributed by atoms with Gasteiger partial charge in [0.1, 0.15) is 11.9 Å². The number of benzene rings is 1. The molecule has 13 heteroatoms. The van der Waals surface area contributed by atoms with Crippen LogP contribution < -0.4 is 15.9 Å². The van der Waals surface area contributed by atoms with Crippen LogP contribution in [0.4, 0.5) is 11.5 Å². The van der Waals surface area contributed by atoms with Crippen LogP contribution in [0.1, 0.15) is 36.6 Å². The molecular weight excluding hydrogens is 594 g/mol. The van der Waals surface area contributed by atoms with E-state index in [2.05, 4.69) is 32.1 Å². The van der Waals surface area contributed by atoms with Crippen molar-refractivity contribution in [2.75, 3.05) is 29.9 Å². The Morgan fingerprint density at radius 3 is 2.69 bits per heavy atom. The molecule has 2 aliphatic rings. The number of pyridine rings is 2. The Morgan fingerprint density at radius 1 is 1.13 bits per heavy atom. The molecule has 0 aliphatic carbocycles. The average Bonchev–Trinajstić information content (AvgIpc) is 3.46. The number of carbonyl (C=O) groups excluding carboxylic acids is 2. The fourth-order valence-electron chi connectivity index (χ4n) is 6.43. The van der Waals surface area contributed by atoms with Crippen molar-refractivity contribution in [2.45, 2.75) is 39.7 Å². The van der Waals surface area contributed by atoms with Crippen molar-refractivity contribution in [1.82, 2.24) is 34.6 Å². The van der Waals surface area contributed by atoms with Crippen LogP contribution in [0.5, 0.6) is 0 Å². The van der Waals surface area contributed by atoms with Crippen molar-refractivity contribution in [1.29, 1.82) is 0 Å². The first-order valence-corrected chi connectivity index (χ1v) is 15.0. The van der Waals surface area contributed by atoms with E-state index >= 15 is 0 Å². The number of rotatable bonds is 4. The molecule has 1 fully saturated rings. The SMILES string of the molecule is C=CC(=O)N1CCN2c3nc(=O)n(-c4c(C)ccnc4C(C)C)c4nc(-c5c(C)ccc6[nH]ncc56)c(Cl)c(c34)NC(=O)C2C1. The summed E-state index contributed by atoms with van der Waals surface area (Å²) in [5, 5.41) is 11.7. The molecule has 0 radical (unpaired) electrons. The number of carbonyl (C=O) groups is 2. The second-order valence-electron chi connectivity index (χ2n) is 11.7. The van der Waals surface area contributed by atoms with Crippen LogP contribution in [0.15, 0.2) is 48.0 Å². The summed E-state index contributed by atoms with van der Waals surface area (Å²) in [5.74, 6) is -0.406. The molecule has 228 valence electrons. The highest BCUT2D eigenvalue weighted by Gasteiger charge is 2.40. The van der Waals surface area contributed by atoms with Crippen molar-refractivity contribution in [3.63, 3.8) is 0 Å². The van der Waals surface area contributed by atoms with Gasteiger partial charge in [-0.05, 0) is 49.1 Å². The zero-order chi connectivity index (χ0) is 31.7. The van der Waals surface area contributed by atoms with Gasteiger partial charge in [-0.2, -0.15) is 10.1 Å². The number of aryl methyl sites for hydroxylation is 2. The normalized spacial score (nSPS) is 16.2. The first-order valence-electron chi connectivity index (χ1n) is 14.6. The third-order valence-electron chi connectivity index (χ3n) is 8.63. The standard InChI is InChI=1S/C32H30ClN9O3/c1-6-21(43)40-11-12-41-20(14-40)31(44)37-27-23-29(41)38-32(45)42(28-17(5)9-10-34-25(28)15(2)3)30(23)36-26(24(27)33)22-16(4)7-8-19-18(22)13-35-39-19/h6-10,13,15,20H,1,11-12,14H2,2-5H3,(H,35,39)(H,37,44). The third kappa shape index (κ3) is 4.31. The van der Waals surface area contributed by atoms with Crippen LogP contribution in [0.25, 0.3) is 38.9 Å². The Balaban J connectivity index is 1.61. The second kappa shape index (κ2) is 10.5. The molecule has 5 aromatic rings. The first-order chi connectivity index (χ1) is 21.6. The van der Waals surface area contributed by atoms with Gasteiger partial charge in [-0.1, -0.05) is 38.1 Å². The zero-order valence-electron chi connectivity index (χ0n) is 25.2. The number of aromatic amines is 1. The predicted octanol–water partition coefficient (Wildman–Crippen LogP) is 4.27. The summed E-state index contributed by atoms with van der Waals surface area (Å²) >= 11 is 7.22. The largest absolute Gasteiger partial charge is 0.355 e. The maximum absolute atomic E-state index is 14.3. The van der Waals surface area contributed by atoms with Crippen LogP contribution in [0.2, 0.25) is 5.02 Å². The second-order valence-corrected chi connectivity index (χ2v) is 12.1. The fourth-order valence-corrected chi connectivity index (χ4v) is 6.70. The fraction of sp³-hybridized carbons (Fsp3) is 0.281. The van der Waals surface area contributed by atoms with Gasteiger partial charge in [-0.15, -0.1) is 0 Å². The summed E-state index contributed by atoms with van der Waals surface area (Å²) in [6.07, 6.45) is 4.65. The van der Waals surface area contributed by atoms with E-state index in [4.69, 9.17) is 16.6 Å². The van der Waals surface area contributed by atoms with E-state index in [0.717, 1.165) is 22.0 Å². The lowest BCUT2D eigenvalue weighted by molar-refractivity contribution is -0.128. The summed E-state index contributed by atoms with van der Waals surface area (Å²) in [6.45, 7) is 12.1. The molecule has 12 nitrogen and oxygen atoms in total. The van der Waals surface area contributed by atoms with Crippen molar-refractivity contribution in [3.05, 3.63) is 75.6 Å². The number of nitrogens with one attached hydrogen (secondary N) is 2. The molecule has 4 aromatic heterocycles. The van der Waals surface area contributed by atoms with Crippen LogP contribution in [0.3, 0.4) is 0 Å². The van der Waals surface area contributed by atoms with Crippen LogP contribution in [-0.4, -0.2) is 72.1 Å². The molecule has 0 spiro atoms. The lowest BCUT2D eigenvalue weighted by Gasteiger charge is -2.39. The van der Waals surface area contributed by atoms with Gasteiger partial charge in [-0.3, -0.25) is 19.7 Å². The molecule has 6 heterocycles. The molecule has 1 saturated heterocycles. The summed E-state index contributed by atoms with van der Waals surface area (Å²) < 4.78 is 1.48. The number of amides is 2. The summed E-state index contributed by atoms with van der Waals surface area (Å²) in [5.41, 5.74) is 4.85. The third-order valence-corrected chi connectivity index (χ3v) is 9.00. The lowest BCUT2D eigenvalue weighted by atomic mass is 9.99. The minimum absolute atomic E-state index is 0.0232. The highest BCUT2D eigenvalue weighted by Crippen LogP contribution is 2.45. The number of hydrogen-bond donors (Lipinski definition) is 2. The summed E-state index contributed by atoms with van der Waals surface area (Å²) in [6, 6.07) is 4.87. The number of aromatic nitrogens is 6. The molecule has 1 unspecified atom stereocenters. The first kappa shape index (κ1) is 28.7. The molecule has 1 atom stereocenters. The molecule has 0 saturated carbocycles. The Labute approximate surface area is 262 Å². The van der Waals surface area contributed by atoms with E-state index in [1.165, 1.54) is 10.6 Å². The van der Waals surface area contributed by atoms with E-state index in [1.807, 2.05) is 45.9 Å². The highest BCUT2D eigenvalue weighted by molar-refractivity contribution is 6.39. The van der Waals surface area contributed by atoms with Crippen LogP contribution in [-0.2, 0) is 9.59 Å². The predicted molar refractivity (Wildman–Crippen MR) is 173 cm³/mol. The van der Waals surface area contributed by atoms with Gasteiger partial charge < -0.3 is 15.1 Å². The van der Waals surface area contributed by atoms with Crippen LogP contribution >= 0.6 is 11.6 Å². The monoisotopic (exact) mass is 623 g/mol. The number of halogens is 1. The highest BCUT2D eigenvalue weighted by atomic mass is 35.5. The topological polar surface area (TPSA) is 142 Å². The van der Waals surface area contributed by atoms with Gasteiger partial charge in [0.2, 0.25) is 11.8 Å². The number of fused-ring (bicyclic) bond motifs is 3. The van der Waals surface area contributed by atoms with E-state index in [1.54, 1.807) is 22.2 Å². The number of H-pyrrole nitrogens is 1. The maximum Gasteiger partial charge on any atom is 0.355 e. The average molecular weight is 624 g/mol. The maximum atomic E-state index is 14.3. The summed E-state index contributed by atoms with van der Waals surface area (Å²) in [4.78, 5) is 58.5. The Hall–Kier alpha value is -5.10. The Kier molecular flexibility index (Phi) is 6.70. The number of nitrogens with zero attached hydrogens (tertiary/aromatic N) is 7. The molecular formula is C32H30ClN9O3. The van der Waals surface area contributed by atoms with Gasteiger partial charge in [0.25, 0.3) is 0 Å². The smallest absolute Gasteiger partial charge is 0.340 e. The van der Waals surface area contributed by atoms with Crippen LogP contribution in [0, 0.1) is 13.8 Å². The van der Waals surface area contributed by atoms with E-state index < -0.39 is 11.7 Å². The molecule has 7 rings (SSSR count). The Bertz CT molecular complexity index is 2150. The van der Waals surface area contributed by atoms with Crippen molar-refractivity contribution in [3.8, 4) is 16.9 Å². The minimum atomic E-state index is -0.828. The minimum Gasteiger partial charge on any atom is -0.340 e. The molecule has 2 N–H and O–H groups in total. The van der Waals surface area contributed by atoms with Gasteiger partial charge in [0.05, 0.1) is 51.4 Å². The quantitative estimate of drug-likeness (QED) is 0.283. The Morgan fingerprint density at radius 2 is 1.93 bits per heavy atom. The lowest BCUT2D eigenvalue weighted by Crippen LogP contribution is -2.58. The zero-order valence-corrected chi connectivity index (χ0v) is 25.9. The van der Waals surface area contributed by atoms with E-state index in [-0.39, 0.29) is 47.3 Å². The van der Waals surface area contributed by atoms with Gasteiger partial charge >= 0.3 is 5.69 Å². The van der Waals surface area contributed by atoms with Crippen molar-refractivity contribution < 1.29 is 9.59 Å². The molecule has 45 heavy (non-hydrogen) atoms.